The Hall–Kier alpha value is -3.49. The summed E-state index contributed by atoms with van der Waals surface area (Å²) in [6.45, 7) is 3.70. The van der Waals surface area contributed by atoms with E-state index in [1.165, 1.54) is 0 Å². The zero-order valence-electron chi connectivity index (χ0n) is 13.7. The normalized spacial score (nSPS) is 11.3. The van der Waals surface area contributed by atoms with Gasteiger partial charge in [0.2, 0.25) is 17.8 Å². The van der Waals surface area contributed by atoms with Crippen LogP contribution >= 0.6 is 0 Å². The molecule has 3 aromatic heterocycles. The molecular formula is C16H16N8O. The van der Waals surface area contributed by atoms with E-state index in [9.17, 15) is 4.79 Å². The van der Waals surface area contributed by atoms with Crippen LogP contribution in [0.15, 0.2) is 24.3 Å². The summed E-state index contributed by atoms with van der Waals surface area (Å²) in [6.07, 6.45) is 0.150. The van der Waals surface area contributed by atoms with Crippen LogP contribution in [0.5, 0.6) is 0 Å². The van der Waals surface area contributed by atoms with Gasteiger partial charge in [-0.1, -0.05) is 12.1 Å². The molecule has 9 heteroatoms. The number of aromatic amines is 1. The van der Waals surface area contributed by atoms with E-state index in [4.69, 9.17) is 5.73 Å². The molecule has 0 bridgehead atoms. The lowest BCUT2D eigenvalue weighted by atomic mass is 10.1. The number of carbonyl (C=O) groups is 1. The van der Waals surface area contributed by atoms with Gasteiger partial charge < -0.3 is 10.7 Å². The highest BCUT2D eigenvalue weighted by molar-refractivity contribution is 5.92. The molecule has 0 atom stereocenters. The fraction of sp³-hybridized carbons (Fsp3) is 0.188. The molecule has 1 aromatic carbocycles. The minimum Gasteiger partial charge on any atom is -0.366 e. The minimum absolute atomic E-state index is 0.150. The summed E-state index contributed by atoms with van der Waals surface area (Å²) in [6, 6.07) is 7.58. The van der Waals surface area contributed by atoms with Gasteiger partial charge in [-0.2, -0.15) is 9.50 Å². The number of nitrogen functional groups attached to an aromatic ring is 1. The number of para-hydroxylation sites is 2. The largest absolute Gasteiger partial charge is 0.366 e. The maximum Gasteiger partial charge on any atom is 0.254 e. The van der Waals surface area contributed by atoms with Crippen molar-refractivity contribution in [1.82, 2.24) is 29.5 Å². The van der Waals surface area contributed by atoms with Crippen LogP contribution < -0.4 is 11.1 Å². The van der Waals surface area contributed by atoms with Crippen LogP contribution in [0.2, 0.25) is 0 Å². The number of fused-ring (bicyclic) bond motifs is 2. The van der Waals surface area contributed by atoms with Crippen LogP contribution in [0, 0.1) is 13.8 Å². The highest BCUT2D eigenvalue weighted by Gasteiger charge is 2.16. The number of benzene rings is 1. The van der Waals surface area contributed by atoms with Crippen molar-refractivity contribution in [3.8, 4) is 0 Å². The Kier molecular flexibility index (Phi) is 3.34. The lowest BCUT2D eigenvalue weighted by molar-refractivity contribution is -0.115. The summed E-state index contributed by atoms with van der Waals surface area (Å²) in [5.74, 6) is 0.799. The quantitative estimate of drug-likeness (QED) is 0.519. The van der Waals surface area contributed by atoms with Crippen molar-refractivity contribution < 1.29 is 4.79 Å². The van der Waals surface area contributed by atoms with Crippen LogP contribution in [0.25, 0.3) is 16.8 Å². The molecule has 4 N–H and O–H groups in total. The number of anilines is 2. The van der Waals surface area contributed by atoms with Gasteiger partial charge >= 0.3 is 0 Å². The molecule has 4 aromatic rings. The van der Waals surface area contributed by atoms with Crippen molar-refractivity contribution in [3.05, 3.63) is 41.2 Å². The fourth-order valence-corrected chi connectivity index (χ4v) is 2.83. The summed E-state index contributed by atoms with van der Waals surface area (Å²) in [4.78, 5) is 28.3. The molecule has 0 spiro atoms. The third kappa shape index (κ3) is 2.65. The Morgan fingerprint density at radius 2 is 2.04 bits per heavy atom. The molecule has 0 fully saturated rings. The van der Waals surface area contributed by atoms with Crippen molar-refractivity contribution >= 4 is 34.6 Å². The summed E-state index contributed by atoms with van der Waals surface area (Å²) >= 11 is 0. The average Bonchev–Trinajstić information content (AvgIpc) is 3.13. The van der Waals surface area contributed by atoms with Gasteiger partial charge in [0.1, 0.15) is 0 Å². The van der Waals surface area contributed by atoms with Gasteiger partial charge in [-0.3, -0.25) is 10.1 Å². The van der Waals surface area contributed by atoms with Crippen LogP contribution in [0.4, 0.5) is 11.9 Å². The van der Waals surface area contributed by atoms with E-state index in [-0.39, 0.29) is 18.3 Å². The molecular weight excluding hydrogens is 320 g/mol. The minimum atomic E-state index is -0.195. The molecule has 0 saturated heterocycles. The topological polar surface area (TPSA) is 127 Å². The predicted octanol–water partition coefficient (Wildman–Crippen LogP) is 1.38. The maximum absolute atomic E-state index is 12.4. The number of H-pyrrole nitrogens is 1. The highest BCUT2D eigenvalue weighted by atomic mass is 16.1. The third-order valence-corrected chi connectivity index (χ3v) is 4.05. The van der Waals surface area contributed by atoms with Crippen molar-refractivity contribution in [2.24, 2.45) is 0 Å². The van der Waals surface area contributed by atoms with Crippen molar-refractivity contribution in [1.29, 1.82) is 0 Å². The van der Waals surface area contributed by atoms with Crippen LogP contribution in [0.3, 0.4) is 0 Å². The van der Waals surface area contributed by atoms with Crippen LogP contribution in [-0.2, 0) is 11.2 Å². The molecule has 3 heterocycles. The van der Waals surface area contributed by atoms with E-state index < -0.39 is 0 Å². The highest BCUT2D eigenvalue weighted by Crippen LogP contribution is 2.17. The first-order valence-electron chi connectivity index (χ1n) is 7.74. The first-order chi connectivity index (χ1) is 12.0. The van der Waals surface area contributed by atoms with E-state index in [1.54, 1.807) is 4.52 Å². The number of aryl methyl sites for hydroxylation is 2. The van der Waals surface area contributed by atoms with Gasteiger partial charge in [0.15, 0.2) is 0 Å². The molecule has 0 saturated carbocycles. The van der Waals surface area contributed by atoms with Crippen molar-refractivity contribution in [2.45, 2.75) is 20.3 Å². The van der Waals surface area contributed by atoms with Crippen LogP contribution in [0.1, 0.15) is 17.0 Å². The Balaban J connectivity index is 1.61. The van der Waals surface area contributed by atoms with Gasteiger partial charge in [0.05, 0.1) is 17.5 Å². The molecule has 4 rings (SSSR count). The number of nitrogens with zero attached hydrogens (tertiary/aromatic N) is 5. The van der Waals surface area contributed by atoms with Gasteiger partial charge in [-0.15, -0.1) is 5.10 Å². The number of imidazole rings is 1. The molecule has 25 heavy (non-hydrogen) atoms. The Morgan fingerprint density at radius 1 is 1.24 bits per heavy atom. The van der Waals surface area contributed by atoms with Gasteiger partial charge in [-0.05, 0) is 26.0 Å². The molecule has 126 valence electrons. The van der Waals surface area contributed by atoms with E-state index in [1.807, 2.05) is 38.1 Å². The molecule has 0 unspecified atom stereocenters. The number of aromatic nitrogens is 6. The Bertz CT molecular complexity index is 1080. The first kappa shape index (κ1) is 15.1. The van der Waals surface area contributed by atoms with E-state index >= 15 is 0 Å². The lowest BCUT2D eigenvalue weighted by Crippen LogP contribution is -2.18. The van der Waals surface area contributed by atoms with Crippen molar-refractivity contribution in [2.75, 3.05) is 11.1 Å². The van der Waals surface area contributed by atoms with Crippen molar-refractivity contribution in [3.63, 3.8) is 0 Å². The summed E-state index contributed by atoms with van der Waals surface area (Å²) in [5.41, 5.74) is 9.58. The number of hydrogen-bond acceptors (Lipinski definition) is 6. The van der Waals surface area contributed by atoms with Gasteiger partial charge in [0.25, 0.3) is 5.78 Å². The van der Waals surface area contributed by atoms with E-state index in [2.05, 4.69) is 30.4 Å². The maximum atomic E-state index is 12.4. The molecule has 1 amide bonds. The number of amides is 1. The Morgan fingerprint density at radius 3 is 2.84 bits per heavy atom. The SMILES string of the molecule is Cc1nc2nc(N)nn2c(C)c1CC(=O)Nc1nc2ccccc2[nH]1. The molecule has 9 nitrogen and oxygen atoms in total. The summed E-state index contributed by atoms with van der Waals surface area (Å²) < 4.78 is 1.55. The molecule has 0 aliphatic rings. The number of nitrogens with two attached hydrogens (primary N) is 1. The Labute approximate surface area is 142 Å². The van der Waals surface area contributed by atoms with Crippen LogP contribution in [-0.4, -0.2) is 35.5 Å². The van der Waals surface area contributed by atoms with Gasteiger partial charge in [-0.25, -0.2) is 9.97 Å². The second kappa shape index (κ2) is 5.55. The first-order valence-corrected chi connectivity index (χ1v) is 7.74. The average molecular weight is 336 g/mol. The second-order valence-corrected chi connectivity index (χ2v) is 5.77. The number of hydrogen-bond donors (Lipinski definition) is 3. The van der Waals surface area contributed by atoms with Gasteiger partial charge in [0, 0.05) is 17.0 Å². The smallest absolute Gasteiger partial charge is 0.254 e. The molecule has 0 aliphatic heterocycles. The molecule has 0 radical (unpaired) electrons. The summed E-state index contributed by atoms with van der Waals surface area (Å²) in [5, 5.41) is 6.89. The number of nitrogens with one attached hydrogen (secondary N) is 2. The predicted molar refractivity (Wildman–Crippen MR) is 93.1 cm³/mol. The zero-order valence-corrected chi connectivity index (χ0v) is 13.7. The lowest BCUT2D eigenvalue weighted by Gasteiger charge is -2.09. The fourth-order valence-electron chi connectivity index (χ4n) is 2.83. The number of rotatable bonds is 3. The standard InChI is InChI=1S/C16H16N8O/c1-8-10(9(2)24-16(18-8)22-14(17)23-24)7-13(25)21-15-19-11-5-3-4-6-12(11)20-15/h3-6H,7H2,1-2H3,(H2,17,23)(H2,19,20,21,25). The van der Waals surface area contributed by atoms with E-state index in [0.29, 0.717) is 11.7 Å². The van der Waals surface area contributed by atoms with E-state index in [0.717, 1.165) is 28.0 Å². The monoisotopic (exact) mass is 336 g/mol. The second-order valence-electron chi connectivity index (χ2n) is 5.77. The third-order valence-electron chi connectivity index (χ3n) is 4.05. The zero-order chi connectivity index (χ0) is 17.6. The summed E-state index contributed by atoms with van der Waals surface area (Å²) in [7, 11) is 0. The number of carbonyl (C=O) groups excluding carboxylic acids is 1. The molecule has 0 aliphatic carbocycles.